The molecule has 0 aromatic carbocycles. The molecule has 0 amide bonds. The Hall–Kier alpha value is -1.14. The molecule has 0 saturated carbocycles. The first-order valence-electron chi connectivity index (χ1n) is 8.63. The Morgan fingerprint density at radius 3 is 2.35 bits per heavy atom. The molecule has 0 bridgehead atoms. The summed E-state index contributed by atoms with van der Waals surface area (Å²) in [4.78, 5) is 0. The minimum atomic E-state index is -3.40. The highest BCUT2D eigenvalue weighted by Gasteiger charge is 2.22. The van der Waals surface area contributed by atoms with Gasteiger partial charge in [-0.2, -0.15) is 12.7 Å². The molecule has 6 heteroatoms. The third kappa shape index (κ3) is 7.31. The summed E-state index contributed by atoms with van der Waals surface area (Å²) in [5.41, 5.74) is 0. The second kappa shape index (κ2) is 10.6. The van der Waals surface area contributed by atoms with Crippen molar-refractivity contribution in [2.45, 2.75) is 64.8 Å². The Bertz CT molecular complexity index is 562. The summed E-state index contributed by atoms with van der Waals surface area (Å²) in [6.45, 7) is 2.94. The first-order valence-corrected chi connectivity index (χ1v) is 10.0. The third-order valence-corrected chi connectivity index (χ3v) is 5.52. The molecule has 1 rings (SSSR count). The molecule has 0 aliphatic heterocycles. The van der Waals surface area contributed by atoms with Crippen LogP contribution in [-0.2, 0) is 16.8 Å². The fourth-order valence-electron chi connectivity index (χ4n) is 2.34. The third-order valence-electron chi connectivity index (χ3n) is 3.85. The number of unbranched alkanes of at least 4 members (excludes halogenated alkanes) is 7. The summed E-state index contributed by atoms with van der Waals surface area (Å²) >= 11 is 0. The van der Waals surface area contributed by atoms with Gasteiger partial charge in [-0.3, -0.25) is 0 Å². The van der Waals surface area contributed by atoms with Gasteiger partial charge < -0.3 is 0 Å². The Morgan fingerprint density at radius 1 is 1.04 bits per heavy atom. The molecule has 1 heterocycles. The number of imidazole rings is 1. The van der Waals surface area contributed by atoms with Crippen LogP contribution >= 0.6 is 0 Å². The normalized spacial score (nSPS) is 12.5. The topological polar surface area (TPSA) is 46.2 Å². The Morgan fingerprint density at radius 2 is 1.70 bits per heavy atom. The molecule has 0 aliphatic rings. The maximum Gasteiger partial charge on any atom is 0.379 e. The van der Waals surface area contributed by atoms with Crippen molar-refractivity contribution < 1.29 is 13.0 Å². The predicted octanol–water partition coefficient (Wildman–Crippen LogP) is 3.13. The second-order valence-electron chi connectivity index (χ2n) is 6.11. The number of nitrogens with zero attached hydrogens (tertiary/aromatic N) is 3. The number of rotatable bonds is 12. The number of aromatic nitrogens is 2. The van der Waals surface area contributed by atoms with Crippen LogP contribution in [0.3, 0.4) is 0 Å². The van der Waals surface area contributed by atoms with Gasteiger partial charge in [-0.25, -0.2) is 4.57 Å². The van der Waals surface area contributed by atoms with Crippen LogP contribution in [0.5, 0.6) is 0 Å². The summed E-state index contributed by atoms with van der Waals surface area (Å²) < 4.78 is 28.2. The summed E-state index contributed by atoms with van der Waals surface area (Å²) in [5.74, 6) is 0. The van der Waals surface area contributed by atoms with Crippen molar-refractivity contribution in [3.8, 4) is 0 Å². The highest BCUT2D eigenvalue weighted by molar-refractivity contribution is 7.87. The first kappa shape index (κ1) is 19.9. The molecular weight excluding hydrogens is 310 g/mol. The summed E-state index contributed by atoms with van der Waals surface area (Å²) in [6.07, 6.45) is 19.6. The molecule has 0 radical (unpaired) electrons. The van der Waals surface area contributed by atoms with Crippen molar-refractivity contribution in [2.24, 2.45) is 0 Å². The Labute approximate surface area is 141 Å². The molecule has 0 unspecified atom stereocenters. The van der Waals surface area contributed by atoms with Gasteiger partial charge in [0, 0.05) is 14.1 Å². The van der Waals surface area contributed by atoms with E-state index in [0.29, 0.717) is 6.54 Å². The van der Waals surface area contributed by atoms with E-state index in [2.05, 4.69) is 19.1 Å². The van der Waals surface area contributed by atoms with Crippen molar-refractivity contribution in [2.75, 3.05) is 14.1 Å². The van der Waals surface area contributed by atoms with E-state index in [1.807, 2.05) is 4.57 Å². The molecule has 0 N–H and O–H groups in total. The summed E-state index contributed by atoms with van der Waals surface area (Å²) in [6, 6.07) is 0. The average Bonchev–Trinajstić information content (AvgIpc) is 2.98. The minimum Gasteiger partial charge on any atom is -0.232 e. The highest BCUT2D eigenvalue weighted by atomic mass is 32.2. The quantitative estimate of drug-likeness (QED) is 0.333. The van der Waals surface area contributed by atoms with Crippen molar-refractivity contribution in [3.63, 3.8) is 0 Å². The van der Waals surface area contributed by atoms with Gasteiger partial charge in [0.2, 0.25) is 0 Å². The van der Waals surface area contributed by atoms with Crippen molar-refractivity contribution in [1.82, 2.24) is 8.28 Å². The van der Waals surface area contributed by atoms with E-state index in [4.69, 9.17) is 0 Å². The second-order valence-corrected chi connectivity index (χ2v) is 8.16. The van der Waals surface area contributed by atoms with Crippen LogP contribution in [0.25, 0.3) is 0 Å². The maximum absolute atomic E-state index is 11.9. The zero-order valence-electron chi connectivity index (χ0n) is 14.8. The molecule has 0 spiro atoms. The number of hydrogen-bond donors (Lipinski definition) is 0. The van der Waals surface area contributed by atoms with E-state index in [0.717, 1.165) is 6.42 Å². The molecule has 132 valence electrons. The van der Waals surface area contributed by atoms with Gasteiger partial charge in [-0.05, 0) is 18.9 Å². The monoisotopic (exact) mass is 342 g/mol. The first-order chi connectivity index (χ1) is 11.0. The fourth-order valence-corrected chi connectivity index (χ4v) is 3.17. The maximum atomic E-state index is 11.9. The van der Waals surface area contributed by atoms with Gasteiger partial charge in [0.05, 0.1) is 0 Å². The van der Waals surface area contributed by atoms with Crippen LogP contribution in [0.2, 0.25) is 0 Å². The van der Waals surface area contributed by atoms with Crippen LogP contribution in [0, 0.1) is 0 Å². The fraction of sp³-hybridized carbons (Fsp3) is 0.706. The number of allylic oxidation sites excluding steroid dienone is 2. The molecule has 0 aliphatic carbocycles. The SMILES string of the molecule is CCCCCCCCCC=CC[n+]1ccn(S(=O)(=O)N(C)C)c1. The molecule has 0 atom stereocenters. The Balaban J connectivity index is 2.22. The van der Waals surface area contributed by atoms with E-state index in [-0.39, 0.29) is 0 Å². The lowest BCUT2D eigenvalue weighted by atomic mass is 10.1. The molecule has 0 saturated heterocycles. The molecular formula is C17H32N3O2S+. The molecule has 0 fully saturated rings. The Kier molecular flexibility index (Phi) is 9.17. The molecule has 5 nitrogen and oxygen atoms in total. The largest absolute Gasteiger partial charge is 0.379 e. The van der Waals surface area contributed by atoms with Gasteiger partial charge in [-0.15, -0.1) is 3.97 Å². The van der Waals surface area contributed by atoms with Gasteiger partial charge in [0.25, 0.3) is 6.33 Å². The van der Waals surface area contributed by atoms with Gasteiger partial charge in [0.1, 0.15) is 18.9 Å². The van der Waals surface area contributed by atoms with Crippen LogP contribution in [0.4, 0.5) is 0 Å². The van der Waals surface area contributed by atoms with Crippen LogP contribution < -0.4 is 4.57 Å². The van der Waals surface area contributed by atoms with Crippen molar-refractivity contribution in [1.29, 1.82) is 0 Å². The van der Waals surface area contributed by atoms with E-state index in [1.165, 1.54) is 67.3 Å². The van der Waals surface area contributed by atoms with Gasteiger partial charge in [0.15, 0.2) is 0 Å². The van der Waals surface area contributed by atoms with E-state index >= 15 is 0 Å². The van der Waals surface area contributed by atoms with Crippen LogP contribution in [0.15, 0.2) is 30.9 Å². The van der Waals surface area contributed by atoms with Crippen LogP contribution in [0.1, 0.15) is 58.3 Å². The minimum absolute atomic E-state index is 0.701. The van der Waals surface area contributed by atoms with Gasteiger partial charge in [-0.1, -0.05) is 51.5 Å². The lowest BCUT2D eigenvalue weighted by molar-refractivity contribution is -0.686. The lowest BCUT2D eigenvalue weighted by Crippen LogP contribution is -2.33. The number of hydrogen-bond acceptors (Lipinski definition) is 2. The van der Waals surface area contributed by atoms with E-state index < -0.39 is 10.2 Å². The molecule has 23 heavy (non-hydrogen) atoms. The van der Waals surface area contributed by atoms with E-state index in [1.54, 1.807) is 18.7 Å². The summed E-state index contributed by atoms with van der Waals surface area (Å²) in [7, 11) is -0.344. The summed E-state index contributed by atoms with van der Waals surface area (Å²) in [5, 5.41) is 0. The zero-order chi connectivity index (χ0) is 17.1. The predicted molar refractivity (Wildman–Crippen MR) is 94.4 cm³/mol. The smallest absolute Gasteiger partial charge is 0.232 e. The van der Waals surface area contributed by atoms with Crippen molar-refractivity contribution >= 4 is 10.2 Å². The van der Waals surface area contributed by atoms with Crippen molar-refractivity contribution in [3.05, 3.63) is 30.9 Å². The zero-order valence-corrected chi connectivity index (χ0v) is 15.6. The average molecular weight is 343 g/mol. The van der Waals surface area contributed by atoms with Gasteiger partial charge >= 0.3 is 10.2 Å². The molecule has 1 aromatic rings. The molecule has 1 aromatic heterocycles. The lowest BCUT2D eigenvalue weighted by Gasteiger charge is -2.05. The highest BCUT2D eigenvalue weighted by Crippen LogP contribution is 2.08. The van der Waals surface area contributed by atoms with E-state index in [9.17, 15) is 8.42 Å². The standard InChI is InChI=1S/C17H32N3O2S/c1-4-5-6-7-8-9-10-11-12-13-14-19-15-16-20(17-19)23(21,22)18(2)3/h12-13,15-17H,4-11,14H2,1-3H3/q+1. The van der Waals surface area contributed by atoms with Crippen LogP contribution in [-0.4, -0.2) is 30.8 Å².